The summed E-state index contributed by atoms with van der Waals surface area (Å²) in [5.74, 6) is 0.847. The Hall–Kier alpha value is -2.81. The predicted octanol–water partition coefficient (Wildman–Crippen LogP) is 3.88. The van der Waals surface area contributed by atoms with Crippen molar-refractivity contribution < 1.29 is 14.3 Å². The van der Waals surface area contributed by atoms with Crippen LogP contribution in [0.2, 0.25) is 0 Å². The lowest BCUT2D eigenvalue weighted by Crippen LogP contribution is -2.00. The summed E-state index contributed by atoms with van der Waals surface area (Å²) in [5, 5.41) is 9.23. The number of benzene rings is 2. The first kappa shape index (κ1) is 12.2. The molecule has 0 aliphatic heterocycles. The molecule has 3 rings (SSSR count). The monoisotopic (exact) mass is 264 g/mol. The molecule has 0 fully saturated rings. The molecule has 0 atom stereocenters. The second-order valence-electron chi connectivity index (χ2n) is 4.43. The number of carbonyl (C=O) groups is 1. The molecule has 0 saturated heterocycles. The fourth-order valence-corrected chi connectivity index (χ4v) is 2.01. The molecule has 3 heteroatoms. The number of furan rings is 1. The number of carbonyl (C=O) groups excluding carboxylic acids is 1. The van der Waals surface area contributed by atoms with Gasteiger partial charge in [-0.2, -0.15) is 0 Å². The van der Waals surface area contributed by atoms with E-state index in [-0.39, 0.29) is 11.5 Å². The average Bonchev–Trinajstić information content (AvgIpc) is 3.02. The summed E-state index contributed by atoms with van der Waals surface area (Å²) in [4.78, 5) is 12.3. The van der Waals surface area contributed by atoms with Crippen LogP contribution in [0.25, 0.3) is 11.3 Å². The van der Waals surface area contributed by atoms with Crippen molar-refractivity contribution in [3.63, 3.8) is 0 Å². The van der Waals surface area contributed by atoms with Crippen LogP contribution in [0.1, 0.15) is 15.9 Å². The van der Waals surface area contributed by atoms with E-state index in [1.807, 2.05) is 24.3 Å². The third-order valence-electron chi connectivity index (χ3n) is 3.08. The molecule has 1 N–H and O–H groups in total. The molecule has 98 valence electrons. The number of phenols is 1. The molecule has 0 unspecified atom stereocenters. The third-order valence-corrected chi connectivity index (χ3v) is 3.08. The second kappa shape index (κ2) is 5.05. The highest BCUT2D eigenvalue weighted by atomic mass is 16.3. The molecule has 0 aliphatic rings. The van der Waals surface area contributed by atoms with Crippen molar-refractivity contribution in [2.75, 3.05) is 0 Å². The highest BCUT2D eigenvalue weighted by molar-refractivity contribution is 6.09. The van der Waals surface area contributed by atoms with Gasteiger partial charge in [0.05, 0.1) is 6.26 Å². The molecular weight excluding hydrogens is 252 g/mol. The molecule has 0 aliphatic carbocycles. The highest BCUT2D eigenvalue weighted by Gasteiger charge is 2.09. The van der Waals surface area contributed by atoms with Crippen LogP contribution in [-0.4, -0.2) is 10.9 Å². The van der Waals surface area contributed by atoms with Crippen LogP contribution in [0.15, 0.2) is 71.3 Å². The molecular formula is C17H12O3. The van der Waals surface area contributed by atoms with Crippen LogP contribution in [0, 0.1) is 0 Å². The van der Waals surface area contributed by atoms with Crippen LogP contribution in [0.3, 0.4) is 0 Å². The Balaban J connectivity index is 1.87. The van der Waals surface area contributed by atoms with E-state index in [0.29, 0.717) is 11.1 Å². The van der Waals surface area contributed by atoms with Crippen LogP contribution in [0.4, 0.5) is 0 Å². The zero-order chi connectivity index (χ0) is 13.9. The van der Waals surface area contributed by atoms with E-state index in [4.69, 9.17) is 4.42 Å². The van der Waals surface area contributed by atoms with Gasteiger partial charge in [0.15, 0.2) is 5.78 Å². The fraction of sp³-hybridized carbons (Fsp3) is 0. The molecule has 1 heterocycles. The number of rotatable bonds is 3. The Bertz CT molecular complexity index is 708. The normalized spacial score (nSPS) is 10.4. The Morgan fingerprint density at radius 3 is 2.00 bits per heavy atom. The van der Waals surface area contributed by atoms with Crippen molar-refractivity contribution in [2.45, 2.75) is 0 Å². The first-order valence-electron chi connectivity index (χ1n) is 6.22. The topological polar surface area (TPSA) is 50.4 Å². The van der Waals surface area contributed by atoms with Crippen molar-refractivity contribution in [3.8, 4) is 17.1 Å². The Kier molecular flexibility index (Phi) is 3.09. The zero-order valence-corrected chi connectivity index (χ0v) is 10.6. The molecule has 0 bridgehead atoms. The molecule has 0 saturated carbocycles. The van der Waals surface area contributed by atoms with Gasteiger partial charge in [-0.1, -0.05) is 24.3 Å². The van der Waals surface area contributed by atoms with E-state index in [1.165, 1.54) is 12.1 Å². The van der Waals surface area contributed by atoms with Crippen molar-refractivity contribution in [1.29, 1.82) is 0 Å². The van der Waals surface area contributed by atoms with Crippen LogP contribution < -0.4 is 0 Å². The van der Waals surface area contributed by atoms with Crippen molar-refractivity contribution in [2.24, 2.45) is 0 Å². The van der Waals surface area contributed by atoms with Gasteiger partial charge in [-0.25, -0.2) is 0 Å². The smallest absolute Gasteiger partial charge is 0.193 e. The van der Waals surface area contributed by atoms with Gasteiger partial charge in [-0.05, 0) is 36.4 Å². The van der Waals surface area contributed by atoms with Gasteiger partial charge >= 0.3 is 0 Å². The summed E-state index contributed by atoms with van der Waals surface area (Å²) in [6.45, 7) is 0. The van der Waals surface area contributed by atoms with Crippen molar-refractivity contribution in [3.05, 3.63) is 78.1 Å². The Morgan fingerprint density at radius 1 is 0.850 bits per heavy atom. The van der Waals surface area contributed by atoms with E-state index in [9.17, 15) is 9.90 Å². The molecule has 0 amide bonds. The molecule has 0 radical (unpaired) electrons. The zero-order valence-electron chi connectivity index (χ0n) is 10.6. The number of aromatic hydroxyl groups is 1. The van der Waals surface area contributed by atoms with Gasteiger partial charge in [-0.3, -0.25) is 4.79 Å². The van der Waals surface area contributed by atoms with Gasteiger partial charge in [0, 0.05) is 16.7 Å². The lowest BCUT2D eigenvalue weighted by Gasteiger charge is -2.03. The number of phenolic OH excluding ortho intramolecular Hbond substituents is 1. The maximum atomic E-state index is 12.3. The van der Waals surface area contributed by atoms with Crippen LogP contribution in [-0.2, 0) is 0 Å². The summed E-state index contributed by atoms with van der Waals surface area (Å²) in [6.07, 6.45) is 1.62. The molecule has 3 aromatic rings. The van der Waals surface area contributed by atoms with Gasteiger partial charge in [0.2, 0.25) is 0 Å². The average molecular weight is 264 g/mol. The van der Waals surface area contributed by atoms with Gasteiger partial charge in [0.25, 0.3) is 0 Å². The minimum atomic E-state index is -0.0732. The van der Waals surface area contributed by atoms with Crippen LogP contribution >= 0.6 is 0 Å². The summed E-state index contributed by atoms with van der Waals surface area (Å²) < 4.78 is 5.30. The molecule has 0 spiro atoms. The Morgan fingerprint density at radius 2 is 1.45 bits per heavy atom. The fourth-order valence-electron chi connectivity index (χ4n) is 2.01. The van der Waals surface area contributed by atoms with Crippen LogP contribution in [0.5, 0.6) is 5.75 Å². The standard InChI is InChI=1S/C17H12O3/c18-15-9-7-14(8-10-15)17(19)13-5-3-12(4-6-13)16-2-1-11-20-16/h1-11,18H. The Labute approximate surface area is 116 Å². The molecule has 20 heavy (non-hydrogen) atoms. The summed E-state index contributed by atoms with van der Waals surface area (Å²) in [5.41, 5.74) is 2.08. The predicted molar refractivity (Wildman–Crippen MR) is 75.7 cm³/mol. The first-order valence-corrected chi connectivity index (χ1v) is 6.22. The largest absolute Gasteiger partial charge is 0.508 e. The SMILES string of the molecule is O=C(c1ccc(O)cc1)c1ccc(-c2ccco2)cc1. The number of hydrogen-bond donors (Lipinski definition) is 1. The lowest BCUT2D eigenvalue weighted by molar-refractivity contribution is 0.103. The van der Waals surface area contributed by atoms with E-state index in [0.717, 1.165) is 11.3 Å². The maximum absolute atomic E-state index is 12.3. The lowest BCUT2D eigenvalue weighted by atomic mass is 10.0. The highest BCUT2D eigenvalue weighted by Crippen LogP contribution is 2.21. The third kappa shape index (κ3) is 2.34. The summed E-state index contributed by atoms with van der Waals surface area (Å²) in [7, 11) is 0. The van der Waals surface area contributed by atoms with Gasteiger partial charge < -0.3 is 9.52 Å². The summed E-state index contributed by atoms with van der Waals surface area (Å²) >= 11 is 0. The minimum Gasteiger partial charge on any atom is -0.508 e. The van der Waals surface area contributed by atoms with Gasteiger partial charge in [0.1, 0.15) is 11.5 Å². The summed E-state index contributed by atoms with van der Waals surface area (Å²) in [6, 6.07) is 17.2. The second-order valence-corrected chi connectivity index (χ2v) is 4.43. The first-order chi connectivity index (χ1) is 9.74. The van der Waals surface area contributed by atoms with E-state index in [1.54, 1.807) is 30.5 Å². The number of ketones is 1. The van der Waals surface area contributed by atoms with Crippen molar-refractivity contribution in [1.82, 2.24) is 0 Å². The van der Waals surface area contributed by atoms with Crippen molar-refractivity contribution >= 4 is 5.78 Å². The minimum absolute atomic E-state index is 0.0732. The quantitative estimate of drug-likeness (QED) is 0.730. The molecule has 1 aromatic heterocycles. The maximum Gasteiger partial charge on any atom is 0.193 e. The van der Waals surface area contributed by atoms with E-state index < -0.39 is 0 Å². The number of hydrogen-bond acceptors (Lipinski definition) is 3. The molecule has 3 nitrogen and oxygen atoms in total. The van der Waals surface area contributed by atoms with E-state index in [2.05, 4.69) is 0 Å². The van der Waals surface area contributed by atoms with E-state index >= 15 is 0 Å². The van der Waals surface area contributed by atoms with Gasteiger partial charge in [-0.15, -0.1) is 0 Å². The molecule has 2 aromatic carbocycles.